The van der Waals surface area contributed by atoms with Crippen LogP contribution in [0.4, 0.5) is 0 Å². The molecule has 0 aromatic heterocycles. The minimum absolute atomic E-state index is 0.0422. The van der Waals surface area contributed by atoms with Crippen LogP contribution in [0.15, 0.2) is 0 Å². The van der Waals surface area contributed by atoms with Gasteiger partial charge in [-0.3, -0.25) is 9.59 Å². The molecular weight excluding hydrogens is 260 g/mol. The number of nitrogens with one attached hydrogen (secondary N) is 1. The molecular formula is C14H24N2O4. The Morgan fingerprint density at radius 3 is 2.95 bits per heavy atom. The lowest BCUT2D eigenvalue weighted by Gasteiger charge is -2.37. The molecule has 2 rings (SSSR count). The SMILES string of the molecule is CCC1CCNC(C(=O)N2CCOC(CC(=O)O)C2)C1. The summed E-state index contributed by atoms with van der Waals surface area (Å²) in [5.74, 6) is -0.172. The van der Waals surface area contributed by atoms with Gasteiger partial charge in [0.25, 0.3) is 0 Å². The summed E-state index contributed by atoms with van der Waals surface area (Å²) in [7, 11) is 0. The maximum Gasteiger partial charge on any atom is 0.306 e. The lowest BCUT2D eigenvalue weighted by molar-refractivity contribution is -0.149. The summed E-state index contributed by atoms with van der Waals surface area (Å²) in [5, 5.41) is 12.1. The van der Waals surface area contributed by atoms with Gasteiger partial charge in [0, 0.05) is 13.1 Å². The van der Waals surface area contributed by atoms with E-state index in [-0.39, 0.29) is 24.5 Å². The van der Waals surface area contributed by atoms with Gasteiger partial charge in [-0.1, -0.05) is 13.3 Å². The van der Waals surface area contributed by atoms with Gasteiger partial charge in [-0.25, -0.2) is 0 Å². The molecule has 3 unspecified atom stereocenters. The number of piperidine rings is 1. The Morgan fingerprint density at radius 2 is 2.25 bits per heavy atom. The highest BCUT2D eigenvalue weighted by atomic mass is 16.5. The Labute approximate surface area is 119 Å². The van der Waals surface area contributed by atoms with Gasteiger partial charge in [-0.2, -0.15) is 0 Å². The van der Waals surface area contributed by atoms with Gasteiger partial charge in [-0.05, 0) is 25.3 Å². The lowest BCUT2D eigenvalue weighted by Crippen LogP contribution is -2.54. The van der Waals surface area contributed by atoms with Crippen molar-refractivity contribution in [3.05, 3.63) is 0 Å². The fourth-order valence-electron chi connectivity index (χ4n) is 3.01. The van der Waals surface area contributed by atoms with E-state index in [1.807, 2.05) is 0 Å². The second-order valence-electron chi connectivity index (χ2n) is 5.68. The zero-order chi connectivity index (χ0) is 14.5. The molecule has 0 aromatic rings. The average Bonchev–Trinajstić information content (AvgIpc) is 2.46. The molecule has 0 radical (unpaired) electrons. The lowest BCUT2D eigenvalue weighted by atomic mass is 9.90. The first kappa shape index (κ1) is 15.3. The van der Waals surface area contributed by atoms with Crippen LogP contribution >= 0.6 is 0 Å². The van der Waals surface area contributed by atoms with Gasteiger partial charge in [0.1, 0.15) is 0 Å². The quantitative estimate of drug-likeness (QED) is 0.784. The number of amides is 1. The van der Waals surface area contributed by atoms with Crippen LogP contribution in [0.25, 0.3) is 0 Å². The Bertz CT molecular complexity index is 361. The zero-order valence-corrected chi connectivity index (χ0v) is 12.0. The number of hydrogen-bond donors (Lipinski definition) is 2. The molecule has 1 amide bonds. The van der Waals surface area contributed by atoms with Crippen molar-refractivity contribution in [3.63, 3.8) is 0 Å². The summed E-state index contributed by atoms with van der Waals surface area (Å²) in [6, 6.07) is -0.114. The summed E-state index contributed by atoms with van der Waals surface area (Å²) in [4.78, 5) is 25.0. The third-order valence-corrected chi connectivity index (χ3v) is 4.24. The molecule has 2 fully saturated rings. The van der Waals surface area contributed by atoms with Gasteiger partial charge < -0.3 is 20.1 Å². The van der Waals surface area contributed by atoms with E-state index in [0.29, 0.717) is 25.6 Å². The molecule has 0 aromatic carbocycles. The fourth-order valence-corrected chi connectivity index (χ4v) is 3.01. The molecule has 0 aliphatic carbocycles. The highest BCUT2D eigenvalue weighted by Gasteiger charge is 2.32. The minimum Gasteiger partial charge on any atom is -0.481 e. The molecule has 6 heteroatoms. The molecule has 0 bridgehead atoms. The zero-order valence-electron chi connectivity index (χ0n) is 12.0. The smallest absolute Gasteiger partial charge is 0.306 e. The number of aliphatic carboxylic acids is 1. The van der Waals surface area contributed by atoms with Crippen molar-refractivity contribution < 1.29 is 19.4 Å². The number of rotatable bonds is 4. The largest absolute Gasteiger partial charge is 0.481 e. The van der Waals surface area contributed by atoms with Crippen molar-refractivity contribution in [2.24, 2.45) is 5.92 Å². The predicted molar refractivity (Wildman–Crippen MR) is 73.4 cm³/mol. The molecule has 2 aliphatic rings. The van der Waals surface area contributed by atoms with E-state index in [0.717, 1.165) is 25.8 Å². The van der Waals surface area contributed by atoms with Gasteiger partial charge in [0.2, 0.25) is 5.91 Å². The van der Waals surface area contributed by atoms with Crippen LogP contribution in [0.5, 0.6) is 0 Å². The fraction of sp³-hybridized carbons (Fsp3) is 0.857. The molecule has 114 valence electrons. The van der Waals surface area contributed by atoms with E-state index < -0.39 is 5.97 Å². The summed E-state index contributed by atoms with van der Waals surface area (Å²) >= 11 is 0. The van der Waals surface area contributed by atoms with Crippen molar-refractivity contribution in [2.75, 3.05) is 26.2 Å². The first-order valence-corrected chi connectivity index (χ1v) is 7.45. The number of carboxylic acids is 1. The number of carbonyl (C=O) groups is 2. The number of carbonyl (C=O) groups excluding carboxylic acids is 1. The maximum atomic E-state index is 12.5. The van der Waals surface area contributed by atoms with Crippen LogP contribution in [0.1, 0.15) is 32.6 Å². The standard InChI is InChI=1S/C14H24N2O4/c1-2-10-3-4-15-12(7-10)14(19)16-5-6-20-11(9-16)8-13(17)18/h10-12,15H,2-9H2,1H3,(H,17,18). The third kappa shape index (κ3) is 3.93. The Kier molecular flexibility index (Phi) is 5.37. The number of ether oxygens (including phenoxy) is 1. The highest BCUT2D eigenvalue weighted by molar-refractivity contribution is 5.82. The average molecular weight is 284 g/mol. The monoisotopic (exact) mass is 284 g/mol. The van der Waals surface area contributed by atoms with Crippen LogP contribution < -0.4 is 5.32 Å². The van der Waals surface area contributed by atoms with Gasteiger partial charge >= 0.3 is 5.97 Å². The van der Waals surface area contributed by atoms with Crippen molar-refractivity contribution in [1.29, 1.82) is 0 Å². The van der Waals surface area contributed by atoms with Crippen LogP contribution in [-0.4, -0.2) is 60.3 Å². The molecule has 2 N–H and O–H groups in total. The molecule has 20 heavy (non-hydrogen) atoms. The van der Waals surface area contributed by atoms with E-state index >= 15 is 0 Å². The van der Waals surface area contributed by atoms with Crippen LogP contribution in [-0.2, 0) is 14.3 Å². The Balaban J connectivity index is 1.89. The molecule has 2 heterocycles. The minimum atomic E-state index is -0.883. The van der Waals surface area contributed by atoms with Gasteiger partial charge in [0.05, 0.1) is 25.2 Å². The van der Waals surface area contributed by atoms with Crippen molar-refractivity contribution in [3.8, 4) is 0 Å². The van der Waals surface area contributed by atoms with Crippen molar-refractivity contribution >= 4 is 11.9 Å². The molecule has 2 saturated heterocycles. The molecule has 0 saturated carbocycles. The maximum absolute atomic E-state index is 12.5. The second kappa shape index (κ2) is 7.04. The first-order valence-electron chi connectivity index (χ1n) is 7.45. The number of nitrogens with zero attached hydrogens (tertiary/aromatic N) is 1. The van der Waals surface area contributed by atoms with E-state index in [9.17, 15) is 9.59 Å². The highest BCUT2D eigenvalue weighted by Crippen LogP contribution is 2.21. The summed E-state index contributed by atoms with van der Waals surface area (Å²) < 4.78 is 5.40. The number of morpholine rings is 1. The summed E-state index contributed by atoms with van der Waals surface area (Å²) in [6.45, 7) is 4.42. The summed E-state index contributed by atoms with van der Waals surface area (Å²) in [6.07, 6.45) is 2.70. The van der Waals surface area contributed by atoms with Gasteiger partial charge in [-0.15, -0.1) is 0 Å². The Morgan fingerprint density at radius 1 is 1.45 bits per heavy atom. The Hall–Kier alpha value is -1.14. The number of carboxylic acid groups (broad SMARTS) is 1. The predicted octanol–water partition coefficient (Wildman–Crippen LogP) is 0.467. The first-order chi connectivity index (χ1) is 9.60. The van der Waals surface area contributed by atoms with Crippen LogP contribution in [0.3, 0.4) is 0 Å². The normalized spacial score (nSPS) is 31.1. The second-order valence-corrected chi connectivity index (χ2v) is 5.68. The van der Waals surface area contributed by atoms with Crippen LogP contribution in [0, 0.1) is 5.92 Å². The van der Waals surface area contributed by atoms with Crippen molar-refractivity contribution in [1.82, 2.24) is 10.2 Å². The van der Waals surface area contributed by atoms with E-state index in [1.54, 1.807) is 4.90 Å². The molecule has 0 spiro atoms. The topological polar surface area (TPSA) is 78.9 Å². The number of hydrogen-bond acceptors (Lipinski definition) is 4. The molecule has 2 aliphatic heterocycles. The van der Waals surface area contributed by atoms with Crippen LogP contribution in [0.2, 0.25) is 0 Å². The third-order valence-electron chi connectivity index (χ3n) is 4.24. The van der Waals surface area contributed by atoms with E-state index in [2.05, 4.69) is 12.2 Å². The van der Waals surface area contributed by atoms with Gasteiger partial charge in [0.15, 0.2) is 0 Å². The molecule has 6 nitrogen and oxygen atoms in total. The van der Waals surface area contributed by atoms with Crippen molar-refractivity contribution in [2.45, 2.75) is 44.8 Å². The summed E-state index contributed by atoms with van der Waals surface area (Å²) in [5.41, 5.74) is 0. The van der Waals surface area contributed by atoms with E-state index in [1.165, 1.54) is 0 Å². The molecule has 3 atom stereocenters. The van der Waals surface area contributed by atoms with E-state index in [4.69, 9.17) is 9.84 Å².